The number of amides is 2. The van der Waals surface area contributed by atoms with Gasteiger partial charge in [-0.2, -0.15) is 0 Å². The number of benzene rings is 1. The molecule has 1 aromatic heterocycles. The summed E-state index contributed by atoms with van der Waals surface area (Å²) in [4.78, 5) is 35.7. The van der Waals surface area contributed by atoms with E-state index in [2.05, 4.69) is 9.97 Å². The number of aliphatic hydroxyl groups is 1. The molecule has 2 heterocycles. The number of hydrogen-bond acceptors (Lipinski definition) is 6. The van der Waals surface area contributed by atoms with Crippen LogP contribution in [0.4, 0.5) is 0 Å². The number of rotatable bonds is 5. The second-order valence-electron chi connectivity index (χ2n) is 7.17. The second-order valence-corrected chi connectivity index (χ2v) is 7.17. The van der Waals surface area contributed by atoms with Crippen molar-refractivity contribution in [1.82, 2.24) is 19.8 Å². The molecule has 3 rings (SSSR count). The number of β-amino-alcohol motifs (C(OH)–C–C–N with tert-alkyl or cyclic N) is 1. The van der Waals surface area contributed by atoms with Crippen molar-refractivity contribution < 1.29 is 14.7 Å². The van der Waals surface area contributed by atoms with Crippen LogP contribution in [0.2, 0.25) is 0 Å². The standard InChI is InChI=1S/C19H23N5O3/c1-23(2)11-19(27)7-8-24(12-19)18(26)14-5-3-13(4-6-14)15-9-21-10-16(22-15)17(20)25/h3-6,9-10,27H,7-8,11-12H2,1-2H3,(H2,20,25)/t19-/m0/s1. The Balaban J connectivity index is 1.73. The quantitative estimate of drug-likeness (QED) is 0.788. The van der Waals surface area contributed by atoms with Crippen LogP contribution in [-0.2, 0) is 0 Å². The highest BCUT2D eigenvalue weighted by molar-refractivity contribution is 5.95. The summed E-state index contributed by atoms with van der Waals surface area (Å²) < 4.78 is 0. The van der Waals surface area contributed by atoms with Gasteiger partial charge in [0.15, 0.2) is 0 Å². The third-order valence-electron chi connectivity index (χ3n) is 4.54. The van der Waals surface area contributed by atoms with Crippen molar-refractivity contribution in [3.8, 4) is 11.3 Å². The van der Waals surface area contributed by atoms with Gasteiger partial charge in [0.05, 0.1) is 30.2 Å². The third-order valence-corrected chi connectivity index (χ3v) is 4.54. The lowest BCUT2D eigenvalue weighted by atomic mass is 10.0. The number of likely N-dealkylation sites (N-methyl/N-ethyl adjacent to an activating group) is 1. The minimum atomic E-state index is -0.871. The number of hydrogen-bond donors (Lipinski definition) is 2. The number of carbonyl (C=O) groups excluding carboxylic acids is 2. The summed E-state index contributed by atoms with van der Waals surface area (Å²) in [5.74, 6) is -0.761. The van der Waals surface area contributed by atoms with E-state index in [1.807, 2.05) is 19.0 Å². The summed E-state index contributed by atoms with van der Waals surface area (Å²) in [6, 6.07) is 6.92. The van der Waals surface area contributed by atoms with Gasteiger partial charge in [-0.15, -0.1) is 0 Å². The molecule has 0 aliphatic carbocycles. The van der Waals surface area contributed by atoms with E-state index < -0.39 is 11.5 Å². The number of aromatic nitrogens is 2. The molecule has 2 aromatic rings. The van der Waals surface area contributed by atoms with Crippen molar-refractivity contribution in [3.63, 3.8) is 0 Å². The van der Waals surface area contributed by atoms with Crippen LogP contribution in [0.25, 0.3) is 11.3 Å². The largest absolute Gasteiger partial charge is 0.387 e. The van der Waals surface area contributed by atoms with E-state index in [4.69, 9.17) is 5.73 Å². The zero-order valence-electron chi connectivity index (χ0n) is 15.4. The molecule has 1 aromatic carbocycles. The van der Waals surface area contributed by atoms with E-state index in [1.54, 1.807) is 29.2 Å². The van der Waals surface area contributed by atoms with Crippen LogP contribution in [0.15, 0.2) is 36.7 Å². The summed E-state index contributed by atoms with van der Waals surface area (Å²) in [6.07, 6.45) is 3.40. The lowest BCUT2D eigenvalue weighted by Crippen LogP contribution is -2.43. The van der Waals surface area contributed by atoms with Crippen molar-refractivity contribution in [2.24, 2.45) is 5.73 Å². The first-order chi connectivity index (χ1) is 12.8. The van der Waals surface area contributed by atoms with Crippen molar-refractivity contribution in [2.75, 3.05) is 33.7 Å². The molecule has 27 heavy (non-hydrogen) atoms. The summed E-state index contributed by atoms with van der Waals surface area (Å²) in [5.41, 5.74) is 6.22. The Morgan fingerprint density at radius 3 is 2.59 bits per heavy atom. The zero-order chi connectivity index (χ0) is 19.6. The highest BCUT2D eigenvalue weighted by Gasteiger charge is 2.38. The molecule has 1 atom stereocenters. The Kier molecular flexibility index (Phi) is 5.20. The molecule has 0 radical (unpaired) electrons. The topological polar surface area (TPSA) is 113 Å². The molecule has 2 amide bonds. The lowest BCUT2D eigenvalue weighted by Gasteiger charge is -2.26. The highest BCUT2D eigenvalue weighted by Crippen LogP contribution is 2.24. The molecule has 8 heteroatoms. The normalized spacial score (nSPS) is 19.5. The van der Waals surface area contributed by atoms with Gasteiger partial charge in [-0.05, 0) is 32.6 Å². The lowest BCUT2D eigenvalue weighted by molar-refractivity contribution is 0.0236. The van der Waals surface area contributed by atoms with Gasteiger partial charge < -0.3 is 20.6 Å². The molecule has 1 saturated heterocycles. The van der Waals surface area contributed by atoms with E-state index in [0.717, 1.165) is 5.56 Å². The molecule has 0 spiro atoms. The Morgan fingerprint density at radius 2 is 1.96 bits per heavy atom. The van der Waals surface area contributed by atoms with Gasteiger partial charge in [0, 0.05) is 24.2 Å². The first-order valence-electron chi connectivity index (χ1n) is 8.66. The predicted octanol–water partition coefficient (Wildman–Crippen LogP) is 0.381. The van der Waals surface area contributed by atoms with Crippen LogP contribution < -0.4 is 5.73 Å². The van der Waals surface area contributed by atoms with Crippen LogP contribution in [0.1, 0.15) is 27.3 Å². The molecule has 3 N–H and O–H groups in total. The Hall–Kier alpha value is -2.84. The van der Waals surface area contributed by atoms with Crippen molar-refractivity contribution in [2.45, 2.75) is 12.0 Å². The van der Waals surface area contributed by atoms with Gasteiger partial charge in [0.2, 0.25) is 0 Å². The van der Waals surface area contributed by atoms with E-state index in [1.165, 1.54) is 12.4 Å². The zero-order valence-corrected chi connectivity index (χ0v) is 15.4. The summed E-state index contributed by atoms with van der Waals surface area (Å²) in [6.45, 7) is 1.36. The van der Waals surface area contributed by atoms with Gasteiger partial charge in [0.25, 0.3) is 11.8 Å². The van der Waals surface area contributed by atoms with Crippen LogP contribution in [0, 0.1) is 0 Å². The van der Waals surface area contributed by atoms with Crippen molar-refractivity contribution in [3.05, 3.63) is 47.9 Å². The van der Waals surface area contributed by atoms with Crippen LogP contribution >= 0.6 is 0 Å². The highest BCUT2D eigenvalue weighted by atomic mass is 16.3. The maximum atomic E-state index is 12.7. The molecule has 8 nitrogen and oxygen atoms in total. The van der Waals surface area contributed by atoms with Gasteiger partial charge in [-0.1, -0.05) is 12.1 Å². The summed E-state index contributed by atoms with van der Waals surface area (Å²) in [7, 11) is 3.80. The minimum Gasteiger partial charge on any atom is -0.387 e. The number of nitrogens with zero attached hydrogens (tertiary/aromatic N) is 4. The van der Waals surface area contributed by atoms with Crippen LogP contribution in [0.3, 0.4) is 0 Å². The predicted molar refractivity (Wildman–Crippen MR) is 100 cm³/mol. The monoisotopic (exact) mass is 369 g/mol. The fourth-order valence-corrected chi connectivity index (χ4v) is 3.34. The fraction of sp³-hybridized carbons (Fsp3) is 0.368. The van der Waals surface area contributed by atoms with E-state index >= 15 is 0 Å². The molecular weight excluding hydrogens is 346 g/mol. The van der Waals surface area contributed by atoms with Crippen molar-refractivity contribution >= 4 is 11.8 Å². The molecule has 1 fully saturated rings. The number of carbonyl (C=O) groups is 2. The Bertz CT molecular complexity index is 853. The molecule has 0 unspecified atom stereocenters. The van der Waals surface area contributed by atoms with Gasteiger partial charge in [-0.3, -0.25) is 14.6 Å². The van der Waals surface area contributed by atoms with Crippen LogP contribution in [0.5, 0.6) is 0 Å². The van der Waals surface area contributed by atoms with E-state index in [-0.39, 0.29) is 11.6 Å². The first kappa shape index (κ1) is 18.9. The molecule has 1 aliphatic rings. The van der Waals surface area contributed by atoms with Crippen LogP contribution in [-0.4, -0.2) is 76.0 Å². The van der Waals surface area contributed by atoms with Gasteiger partial charge in [0.1, 0.15) is 5.69 Å². The summed E-state index contributed by atoms with van der Waals surface area (Å²) in [5, 5.41) is 10.6. The molecule has 0 saturated carbocycles. The summed E-state index contributed by atoms with van der Waals surface area (Å²) >= 11 is 0. The third kappa shape index (κ3) is 4.29. The van der Waals surface area contributed by atoms with E-state index in [9.17, 15) is 14.7 Å². The van der Waals surface area contributed by atoms with Crippen molar-refractivity contribution in [1.29, 1.82) is 0 Å². The van der Waals surface area contributed by atoms with E-state index in [0.29, 0.717) is 37.3 Å². The number of likely N-dealkylation sites (tertiary alicyclic amines) is 1. The first-order valence-corrected chi connectivity index (χ1v) is 8.66. The number of primary amides is 1. The SMILES string of the molecule is CN(C)C[C@@]1(O)CCN(C(=O)c2ccc(-c3cncc(C(N)=O)n3)cc2)C1. The van der Waals surface area contributed by atoms with Gasteiger partial charge >= 0.3 is 0 Å². The Labute approximate surface area is 157 Å². The molecule has 1 aliphatic heterocycles. The average Bonchev–Trinajstić information content (AvgIpc) is 3.02. The smallest absolute Gasteiger partial charge is 0.268 e. The molecule has 142 valence electrons. The fourth-order valence-electron chi connectivity index (χ4n) is 3.34. The molecular formula is C19H23N5O3. The average molecular weight is 369 g/mol. The van der Waals surface area contributed by atoms with Gasteiger partial charge in [-0.25, -0.2) is 4.98 Å². The molecule has 0 bridgehead atoms. The Morgan fingerprint density at radius 1 is 1.26 bits per heavy atom. The second kappa shape index (κ2) is 7.42. The number of nitrogens with two attached hydrogens (primary N) is 1. The maximum absolute atomic E-state index is 12.7. The minimum absolute atomic E-state index is 0.0879. The maximum Gasteiger partial charge on any atom is 0.268 e.